The van der Waals surface area contributed by atoms with Crippen molar-refractivity contribution in [2.75, 3.05) is 26.4 Å². The number of aliphatic hydroxyl groups excluding tert-OH is 3. The van der Waals surface area contributed by atoms with Crippen LogP contribution < -0.4 is 0 Å². The summed E-state index contributed by atoms with van der Waals surface area (Å²) in [5, 5.41) is 36.9. The summed E-state index contributed by atoms with van der Waals surface area (Å²) in [5.74, 6) is 3.85. The Balaban J connectivity index is 0.000000331. The maximum atomic E-state index is 9.77. The maximum absolute atomic E-state index is 9.77. The molecule has 1 unspecified atom stereocenters. The van der Waals surface area contributed by atoms with Crippen molar-refractivity contribution in [1.29, 1.82) is 0 Å². The van der Waals surface area contributed by atoms with Gasteiger partial charge < -0.3 is 29.9 Å². The van der Waals surface area contributed by atoms with Gasteiger partial charge in [-0.2, -0.15) is 0 Å². The van der Waals surface area contributed by atoms with Crippen molar-refractivity contribution in [2.45, 2.75) is 111 Å². The van der Waals surface area contributed by atoms with E-state index in [1.54, 1.807) is 6.92 Å². The van der Waals surface area contributed by atoms with Crippen molar-refractivity contribution >= 4 is 0 Å². The third-order valence-electron chi connectivity index (χ3n) is 7.59. The zero-order valence-corrected chi connectivity index (χ0v) is 22.4. The van der Waals surface area contributed by atoms with Gasteiger partial charge in [0.15, 0.2) is 0 Å². The van der Waals surface area contributed by atoms with E-state index < -0.39 is 11.7 Å². The summed E-state index contributed by atoms with van der Waals surface area (Å²) in [4.78, 5) is 0. The van der Waals surface area contributed by atoms with Crippen LogP contribution in [0.5, 0.6) is 0 Å². The van der Waals surface area contributed by atoms with Gasteiger partial charge in [-0.3, -0.25) is 0 Å². The Labute approximate surface area is 203 Å². The minimum absolute atomic E-state index is 0.214. The Morgan fingerprint density at radius 3 is 1.67 bits per heavy atom. The molecule has 0 aromatic rings. The van der Waals surface area contributed by atoms with Crippen molar-refractivity contribution in [2.24, 2.45) is 35.5 Å². The molecule has 2 rings (SSSR count). The molecule has 2 saturated carbocycles. The van der Waals surface area contributed by atoms with Crippen LogP contribution in [-0.2, 0) is 9.47 Å². The molecule has 0 heterocycles. The highest BCUT2D eigenvalue weighted by Crippen LogP contribution is 2.36. The van der Waals surface area contributed by atoms with Crippen molar-refractivity contribution in [1.82, 2.24) is 0 Å². The second-order valence-corrected chi connectivity index (χ2v) is 11.9. The highest BCUT2D eigenvalue weighted by molar-refractivity contribution is 4.83. The molecule has 8 atom stereocenters. The van der Waals surface area contributed by atoms with E-state index in [2.05, 4.69) is 41.5 Å². The van der Waals surface area contributed by atoms with Crippen molar-refractivity contribution in [3.8, 4) is 0 Å². The lowest BCUT2D eigenvalue weighted by Gasteiger charge is -2.38. The van der Waals surface area contributed by atoms with Gasteiger partial charge in [0, 0.05) is 0 Å². The highest BCUT2D eigenvalue weighted by Gasteiger charge is 2.33. The van der Waals surface area contributed by atoms with Crippen LogP contribution in [0.4, 0.5) is 0 Å². The zero-order chi connectivity index (χ0) is 25.2. The van der Waals surface area contributed by atoms with E-state index in [4.69, 9.17) is 19.7 Å². The summed E-state index contributed by atoms with van der Waals surface area (Å²) in [6, 6.07) is 0. The molecule has 6 nitrogen and oxygen atoms in total. The summed E-state index contributed by atoms with van der Waals surface area (Å²) >= 11 is 0. The lowest BCUT2D eigenvalue weighted by Crippen LogP contribution is -2.41. The second kappa shape index (κ2) is 15.0. The standard InChI is InChI=1S/C14H28O3.C13H26O3/c1-10(2)12-6-5-11(3)7-13(12)17-9-14(4,16)8-15;1-9(2)12-5-4-10(3)6-13(12)16-8-11(15)7-14/h10-13,15-16H,5-9H2,1-4H3;9-15H,4-8H2,1-3H3/t11-,12+,13-,14+;10-,11?,12+,13-/m11/s1. The van der Waals surface area contributed by atoms with Gasteiger partial charge in [0.1, 0.15) is 11.7 Å². The van der Waals surface area contributed by atoms with E-state index >= 15 is 0 Å². The average Bonchev–Trinajstić information content (AvgIpc) is 2.76. The van der Waals surface area contributed by atoms with E-state index in [-0.39, 0.29) is 38.6 Å². The normalized spacial score (nSPS) is 33.4. The Morgan fingerprint density at radius 1 is 0.818 bits per heavy atom. The number of rotatable bonds is 10. The number of hydrogen-bond acceptors (Lipinski definition) is 6. The largest absolute Gasteiger partial charge is 0.394 e. The van der Waals surface area contributed by atoms with Crippen molar-refractivity contribution < 1.29 is 29.9 Å². The molecule has 0 amide bonds. The molecule has 0 radical (unpaired) electrons. The van der Waals surface area contributed by atoms with Gasteiger partial charge in [-0.05, 0) is 68.1 Å². The van der Waals surface area contributed by atoms with Gasteiger partial charge in [0.25, 0.3) is 0 Å². The molecular formula is C27H54O6. The molecule has 0 bridgehead atoms. The first-order valence-electron chi connectivity index (χ1n) is 13.3. The highest BCUT2D eigenvalue weighted by atomic mass is 16.5. The number of ether oxygens (including phenoxy) is 2. The first-order chi connectivity index (χ1) is 15.4. The summed E-state index contributed by atoms with van der Waals surface area (Å²) in [7, 11) is 0. The molecule has 198 valence electrons. The lowest BCUT2D eigenvalue weighted by molar-refractivity contribution is -0.116. The van der Waals surface area contributed by atoms with Gasteiger partial charge in [0.2, 0.25) is 0 Å². The Bertz CT molecular complexity index is 509. The summed E-state index contributed by atoms with van der Waals surface area (Å²) in [6.07, 6.45) is 6.91. The molecule has 6 heteroatoms. The minimum atomic E-state index is -1.11. The molecule has 2 fully saturated rings. The Kier molecular flexibility index (Phi) is 14.0. The Hall–Kier alpha value is -0.240. The second-order valence-electron chi connectivity index (χ2n) is 11.9. The number of hydrogen-bond donors (Lipinski definition) is 4. The van der Waals surface area contributed by atoms with Crippen LogP contribution in [0.3, 0.4) is 0 Å². The third kappa shape index (κ3) is 11.4. The van der Waals surface area contributed by atoms with Crippen molar-refractivity contribution in [3.05, 3.63) is 0 Å². The predicted octanol–water partition coefficient (Wildman–Crippen LogP) is 4.02. The topological polar surface area (TPSA) is 99.4 Å². The number of aliphatic hydroxyl groups is 4. The first-order valence-corrected chi connectivity index (χ1v) is 13.3. The van der Waals surface area contributed by atoms with E-state index in [9.17, 15) is 10.2 Å². The Morgan fingerprint density at radius 2 is 1.27 bits per heavy atom. The molecule has 4 N–H and O–H groups in total. The van der Waals surface area contributed by atoms with E-state index in [0.29, 0.717) is 35.5 Å². The molecule has 33 heavy (non-hydrogen) atoms. The SMILES string of the molecule is CC(C)[C@@H]1CC[C@@H](C)C[C@H]1OCC(O)CO.CC(C)[C@@H]1CC[C@@H](C)C[C@H]1OC[C@@](C)(O)CO. The molecule has 0 aromatic heterocycles. The average molecular weight is 475 g/mol. The van der Waals surface area contributed by atoms with Gasteiger partial charge in [-0.25, -0.2) is 0 Å². The fourth-order valence-electron chi connectivity index (χ4n) is 5.23. The van der Waals surface area contributed by atoms with Gasteiger partial charge >= 0.3 is 0 Å². The zero-order valence-electron chi connectivity index (χ0n) is 22.4. The van der Waals surface area contributed by atoms with Crippen LogP contribution in [0, 0.1) is 35.5 Å². The van der Waals surface area contributed by atoms with Crippen molar-refractivity contribution in [3.63, 3.8) is 0 Å². The van der Waals surface area contributed by atoms with Crippen LogP contribution in [0.1, 0.15) is 87.0 Å². The molecule has 0 aliphatic heterocycles. The summed E-state index contributed by atoms with van der Waals surface area (Å²) in [6.45, 7) is 15.1. The third-order valence-corrected chi connectivity index (χ3v) is 7.59. The molecule has 2 aliphatic rings. The summed E-state index contributed by atoms with van der Waals surface area (Å²) in [5.41, 5.74) is -1.11. The van der Waals surface area contributed by atoms with Crippen LogP contribution in [0.2, 0.25) is 0 Å². The molecule has 0 aromatic carbocycles. The van der Waals surface area contributed by atoms with Gasteiger partial charge in [-0.15, -0.1) is 0 Å². The molecule has 0 spiro atoms. The van der Waals surface area contributed by atoms with E-state index in [1.807, 2.05) is 0 Å². The molecule has 2 aliphatic carbocycles. The molecule has 0 saturated heterocycles. The van der Waals surface area contributed by atoms with Crippen LogP contribution in [0.25, 0.3) is 0 Å². The van der Waals surface area contributed by atoms with E-state index in [1.165, 1.54) is 25.7 Å². The monoisotopic (exact) mass is 474 g/mol. The quantitative estimate of drug-likeness (QED) is 0.382. The first kappa shape index (κ1) is 30.8. The van der Waals surface area contributed by atoms with Gasteiger partial charge in [0.05, 0.1) is 38.6 Å². The van der Waals surface area contributed by atoms with E-state index in [0.717, 1.165) is 12.8 Å². The lowest BCUT2D eigenvalue weighted by atomic mass is 9.75. The summed E-state index contributed by atoms with van der Waals surface area (Å²) < 4.78 is 11.6. The maximum Gasteiger partial charge on any atom is 0.108 e. The fourth-order valence-corrected chi connectivity index (χ4v) is 5.23. The minimum Gasteiger partial charge on any atom is -0.394 e. The van der Waals surface area contributed by atoms with Crippen LogP contribution >= 0.6 is 0 Å². The van der Waals surface area contributed by atoms with Crippen LogP contribution in [-0.4, -0.2) is 70.8 Å². The fraction of sp³-hybridized carbons (Fsp3) is 1.00. The molecular weight excluding hydrogens is 420 g/mol. The smallest absolute Gasteiger partial charge is 0.108 e. The predicted molar refractivity (Wildman–Crippen MR) is 133 cm³/mol. The van der Waals surface area contributed by atoms with Gasteiger partial charge in [-0.1, -0.05) is 54.4 Å². The van der Waals surface area contributed by atoms with Crippen LogP contribution in [0.15, 0.2) is 0 Å².